The molecule has 0 saturated carbocycles. The second-order valence-electron chi connectivity index (χ2n) is 5.77. The molecule has 0 bridgehead atoms. The molecule has 0 aliphatic carbocycles. The van der Waals surface area contributed by atoms with Crippen molar-refractivity contribution in [2.45, 2.75) is 19.1 Å². The van der Waals surface area contributed by atoms with E-state index in [9.17, 15) is 14.9 Å². The first-order valence-electron chi connectivity index (χ1n) is 7.53. The summed E-state index contributed by atoms with van der Waals surface area (Å²) < 4.78 is 0. The van der Waals surface area contributed by atoms with E-state index in [1.807, 2.05) is 11.8 Å². The number of nitrogens with one attached hydrogen (secondary N) is 1. The lowest BCUT2D eigenvalue weighted by molar-refractivity contribution is -0.384. The minimum atomic E-state index is -0.426. The number of benzene rings is 1. The number of nitrogens with zero attached hydrogens (tertiary/aromatic N) is 4. The zero-order valence-electron chi connectivity index (χ0n) is 13.1. The first-order valence-corrected chi connectivity index (χ1v) is 7.53. The van der Waals surface area contributed by atoms with E-state index >= 15 is 0 Å². The van der Waals surface area contributed by atoms with Crippen molar-refractivity contribution in [2.75, 3.05) is 22.9 Å². The van der Waals surface area contributed by atoms with Gasteiger partial charge in [-0.3, -0.25) is 14.9 Å². The Labute approximate surface area is 137 Å². The number of non-ortho nitro benzene ring substituents is 1. The summed E-state index contributed by atoms with van der Waals surface area (Å²) in [5.74, 6) is 0. The first kappa shape index (κ1) is 15.9. The summed E-state index contributed by atoms with van der Waals surface area (Å²) in [6.45, 7) is 3.11. The molecule has 126 valence electrons. The fraction of sp³-hybridized carbons (Fsp3) is 0.333. The number of aromatic amines is 1. The number of piperazine rings is 1. The molecular weight excluding hydrogens is 312 g/mol. The molecule has 1 aliphatic rings. The van der Waals surface area contributed by atoms with Gasteiger partial charge in [0.05, 0.1) is 30.2 Å². The highest BCUT2D eigenvalue weighted by Crippen LogP contribution is 2.25. The summed E-state index contributed by atoms with van der Waals surface area (Å²) in [6.07, 6.45) is 2.46. The number of anilines is 2. The molecule has 2 unspecified atom stereocenters. The number of nitro groups is 1. The van der Waals surface area contributed by atoms with Gasteiger partial charge in [-0.15, -0.1) is 0 Å². The lowest BCUT2D eigenvalue weighted by atomic mass is 10.1. The minimum Gasteiger partial charge on any atom is -0.366 e. The highest BCUT2D eigenvalue weighted by Gasteiger charge is 2.31. The van der Waals surface area contributed by atoms with E-state index in [-0.39, 0.29) is 17.3 Å². The zero-order chi connectivity index (χ0) is 17.3. The Morgan fingerprint density at radius 3 is 2.62 bits per heavy atom. The minimum absolute atomic E-state index is 0.0192. The predicted octanol–water partition coefficient (Wildman–Crippen LogP) is 0.678. The molecular formula is C15H18N6O3. The zero-order valence-corrected chi connectivity index (χ0v) is 13.1. The number of H-pyrrole nitrogens is 1. The van der Waals surface area contributed by atoms with Crippen molar-refractivity contribution >= 4 is 17.1 Å². The molecule has 0 radical (unpaired) electrons. The third-order valence-corrected chi connectivity index (χ3v) is 4.13. The maximum atomic E-state index is 12.0. The van der Waals surface area contributed by atoms with Crippen molar-refractivity contribution < 1.29 is 4.92 Å². The molecule has 9 heteroatoms. The monoisotopic (exact) mass is 330 g/mol. The quantitative estimate of drug-likeness (QED) is 0.627. The second-order valence-corrected chi connectivity index (χ2v) is 5.77. The van der Waals surface area contributed by atoms with Crippen LogP contribution < -0.4 is 21.1 Å². The Morgan fingerprint density at radius 2 is 2.04 bits per heavy atom. The van der Waals surface area contributed by atoms with Crippen LogP contribution in [0.4, 0.5) is 17.1 Å². The Balaban J connectivity index is 1.81. The molecule has 1 aromatic heterocycles. The Morgan fingerprint density at radius 1 is 1.33 bits per heavy atom. The van der Waals surface area contributed by atoms with E-state index in [0.717, 1.165) is 5.69 Å². The van der Waals surface area contributed by atoms with Crippen LogP contribution in [0, 0.1) is 10.1 Å². The van der Waals surface area contributed by atoms with Gasteiger partial charge in [0.1, 0.15) is 5.69 Å². The van der Waals surface area contributed by atoms with Crippen LogP contribution in [0.3, 0.4) is 0 Å². The molecule has 1 aliphatic heterocycles. The third kappa shape index (κ3) is 2.93. The first-order chi connectivity index (χ1) is 11.5. The molecule has 2 heterocycles. The van der Waals surface area contributed by atoms with Gasteiger partial charge in [0.15, 0.2) is 0 Å². The molecule has 0 amide bonds. The van der Waals surface area contributed by atoms with E-state index in [1.54, 1.807) is 12.1 Å². The van der Waals surface area contributed by atoms with Crippen LogP contribution in [-0.2, 0) is 0 Å². The summed E-state index contributed by atoms with van der Waals surface area (Å²) >= 11 is 0. The van der Waals surface area contributed by atoms with Crippen molar-refractivity contribution in [3.8, 4) is 0 Å². The fourth-order valence-electron chi connectivity index (χ4n) is 3.05. The second kappa shape index (κ2) is 6.28. The van der Waals surface area contributed by atoms with Gasteiger partial charge in [-0.2, -0.15) is 0 Å². The van der Waals surface area contributed by atoms with Crippen molar-refractivity contribution in [3.63, 3.8) is 0 Å². The Hall–Kier alpha value is -2.94. The summed E-state index contributed by atoms with van der Waals surface area (Å²) in [5.41, 5.74) is 7.41. The summed E-state index contributed by atoms with van der Waals surface area (Å²) in [5, 5.41) is 10.8. The Kier molecular flexibility index (Phi) is 4.17. The molecule has 3 rings (SSSR count). The van der Waals surface area contributed by atoms with Gasteiger partial charge in [-0.25, -0.2) is 4.98 Å². The highest BCUT2D eigenvalue weighted by atomic mass is 16.6. The van der Waals surface area contributed by atoms with E-state index < -0.39 is 11.1 Å². The average Bonchev–Trinajstić information content (AvgIpc) is 2.56. The smallest absolute Gasteiger partial charge is 0.274 e. The van der Waals surface area contributed by atoms with E-state index in [4.69, 9.17) is 5.73 Å². The largest absolute Gasteiger partial charge is 0.366 e. The normalized spacial score (nSPS) is 20.9. The van der Waals surface area contributed by atoms with Gasteiger partial charge < -0.3 is 20.5 Å². The van der Waals surface area contributed by atoms with Crippen LogP contribution >= 0.6 is 0 Å². The molecule has 0 spiro atoms. The third-order valence-electron chi connectivity index (χ3n) is 4.13. The summed E-state index contributed by atoms with van der Waals surface area (Å²) in [4.78, 5) is 32.7. The van der Waals surface area contributed by atoms with Crippen molar-refractivity contribution in [2.24, 2.45) is 5.73 Å². The number of rotatable bonds is 3. The fourth-order valence-corrected chi connectivity index (χ4v) is 3.05. The summed E-state index contributed by atoms with van der Waals surface area (Å²) in [7, 11) is 0. The van der Waals surface area contributed by atoms with Gasteiger partial charge in [0.2, 0.25) is 0 Å². The molecule has 3 N–H and O–H groups in total. The number of nitro benzene ring substituents is 1. The van der Waals surface area contributed by atoms with Crippen LogP contribution in [0.15, 0.2) is 41.6 Å². The molecule has 2 atom stereocenters. The van der Waals surface area contributed by atoms with Gasteiger partial charge in [-0.05, 0) is 19.1 Å². The molecule has 24 heavy (non-hydrogen) atoms. The maximum absolute atomic E-state index is 12.0. The summed E-state index contributed by atoms with van der Waals surface area (Å²) in [6, 6.07) is 6.36. The SMILES string of the molecule is CC1CN(c2ccc([N+](=O)[O-])cc2)CC(N)N1c1cnc[nH]c1=O. The lowest BCUT2D eigenvalue weighted by Crippen LogP contribution is -2.62. The predicted molar refractivity (Wildman–Crippen MR) is 90.1 cm³/mol. The average molecular weight is 330 g/mol. The number of hydrogen-bond donors (Lipinski definition) is 2. The standard InChI is InChI=1S/C15H18N6O3/c1-10-7-19(11-2-4-12(5-3-11)21(23)24)8-14(16)20(10)13-6-17-9-18-15(13)22/h2-6,9-10,14H,7-8,16H2,1H3,(H,17,18,22). The van der Waals surface area contributed by atoms with Gasteiger partial charge >= 0.3 is 0 Å². The van der Waals surface area contributed by atoms with E-state index in [0.29, 0.717) is 18.8 Å². The number of hydrogen-bond acceptors (Lipinski definition) is 7. The molecule has 1 aromatic carbocycles. The van der Waals surface area contributed by atoms with Crippen LogP contribution in [0.5, 0.6) is 0 Å². The van der Waals surface area contributed by atoms with Gasteiger partial charge in [0.25, 0.3) is 11.2 Å². The van der Waals surface area contributed by atoms with Crippen molar-refractivity contribution in [1.82, 2.24) is 9.97 Å². The van der Waals surface area contributed by atoms with Crippen LogP contribution in [0.2, 0.25) is 0 Å². The van der Waals surface area contributed by atoms with Gasteiger partial charge in [0, 0.05) is 30.4 Å². The molecule has 9 nitrogen and oxygen atoms in total. The van der Waals surface area contributed by atoms with E-state index in [1.165, 1.54) is 24.7 Å². The Bertz CT molecular complexity index is 778. The van der Waals surface area contributed by atoms with Crippen LogP contribution in [-0.4, -0.2) is 40.2 Å². The number of aromatic nitrogens is 2. The lowest BCUT2D eigenvalue weighted by Gasteiger charge is -2.45. The topological polar surface area (TPSA) is 121 Å². The molecule has 2 aromatic rings. The molecule has 1 fully saturated rings. The maximum Gasteiger partial charge on any atom is 0.274 e. The van der Waals surface area contributed by atoms with Gasteiger partial charge in [-0.1, -0.05) is 0 Å². The van der Waals surface area contributed by atoms with E-state index in [2.05, 4.69) is 14.9 Å². The highest BCUT2D eigenvalue weighted by molar-refractivity contribution is 5.54. The molecule has 1 saturated heterocycles. The van der Waals surface area contributed by atoms with Crippen LogP contribution in [0.1, 0.15) is 6.92 Å². The van der Waals surface area contributed by atoms with Crippen molar-refractivity contribution in [3.05, 3.63) is 57.3 Å². The van der Waals surface area contributed by atoms with Crippen molar-refractivity contribution in [1.29, 1.82) is 0 Å². The number of nitrogens with two attached hydrogens (primary N) is 1. The van der Waals surface area contributed by atoms with Crippen LogP contribution in [0.25, 0.3) is 0 Å².